The van der Waals surface area contributed by atoms with Crippen LogP contribution in [-0.2, 0) is 9.53 Å². The van der Waals surface area contributed by atoms with Crippen molar-refractivity contribution in [3.8, 4) is 11.8 Å². The fourth-order valence-corrected chi connectivity index (χ4v) is 1.62. The molecule has 0 saturated carbocycles. The summed E-state index contributed by atoms with van der Waals surface area (Å²) in [6, 6.07) is 9.69. The Balaban J connectivity index is 2.96. The molecule has 2 nitrogen and oxygen atoms in total. The predicted octanol–water partition coefficient (Wildman–Crippen LogP) is 4.61. The van der Waals surface area contributed by atoms with E-state index in [4.69, 9.17) is 4.74 Å². The number of carbonyl (C=O) groups excluding carboxylic acids is 1. The van der Waals surface area contributed by atoms with Gasteiger partial charge >= 0.3 is 5.97 Å². The highest BCUT2D eigenvalue weighted by atomic mass is 16.6. The molecule has 1 aromatic carbocycles. The molecule has 1 aromatic rings. The average molecular weight is 284 g/mol. The maximum atomic E-state index is 12.2. The molecule has 1 rings (SSSR count). The highest BCUT2D eigenvalue weighted by Gasteiger charge is 2.18. The molecule has 112 valence electrons. The normalized spacial score (nSPS) is 11.5. The van der Waals surface area contributed by atoms with Crippen molar-refractivity contribution in [3.63, 3.8) is 0 Å². The molecule has 0 spiro atoms. The summed E-state index contributed by atoms with van der Waals surface area (Å²) in [6.07, 6.45) is 4.72. The Labute approximate surface area is 128 Å². The maximum Gasteiger partial charge on any atom is 0.347 e. The lowest BCUT2D eigenvalue weighted by Crippen LogP contribution is -2.24. The van der Waals surface area contributed by atoms with E-state index in [1.54, 1.807) is 6.08 Å². The van der Waals surface area contributed by atoms with E-state index in [0.29, 0.717) is 5.57 Å². The lowest BCUT2D eigenvalue weighted by atomic mass is 10.1. The third-order valence-corrected chi connectivity index (χ3v) is 2.61. The third-order valence-electron chi connectivity index (χ3n) is 2.61. The minimum Gasteiger partial charge on any atom is -0.456 e. The van der Waals surface area contributed by atoms with Crippen LogP contribution in [0.1, 0.15) is 52.5 Å². The molecular formula is C19H24O2. The van der Waals surface area contributed by atoms with Gasteiger partial charge in [0.1, 0.15) is 11.2 Å². The van der Waals surface area contributed by atoms with Crippen molar-refractivity contribution in [3.05, 3.63) is 41.5 Å². The zero-order valence-electron chi connectivity index (χ0n) is 13.4. The SMILES string of the molecule is CCCCC#CC(=Cc1ccccc1)C(=O)OC(C)(C)C. The standard InChI is InChI=1S/C19H24O2/c1-5-6-7-11-14-17(18(20)21-19(2,3)4)15-16-12-9-8-10-13-16/h8-10,12-13,15H,5-7H2,1-4H3. The first kappa shape index (κ1) is 17.0. The molecule has 0 bridgehead atoms. The van der Waals surface area contributed by atoms with Crippen LogP contribution < -0.4 is 0 Å². The average Bonchev–Trinajstić information content (AvgIpc) is 2.41. The summed E-state index contributed by atoms with van der Waals surface area (Å²) < 4.78 is 5.42. The van der Waals surface area contributed by atoms with Gasteiger partial charge in [-0.15, -0.1) is 0 Å². The van der Waals surface area contributed by atoms with Gasteiger partial charge in [-0.2, -0.15) is 0 Å². The predicted molar refractivity (Wildman–Crippen MR) is 87.6 cm³/mol. The second-order valence-electron chi connectivity index (χ2n) is 5.88. The quantitative estimate of drug-likeness (QED) is 0.349. The lowest BCUT2D eigenvalue weighted by molar-refractivity contribution is -0.149. The van der Waals surface area contributed by atoms with E-state index in [9.17, 15) is 4.79 Å². The summed E-state index contributed by atoms with van der Waals surface area (Å²) in [6.45, 7) is 7.69. The maximum absolute atomic E-state index is 12.2. The van der Waals surface area contributed by atoms with Crippen LogP contribution in [-0.4, -0.2) is 11.6 Å². The van der Waals surface area contributed by atoms with Gasteiger partial charge in [0.15, 0.2) is 0 Å². The van der Waals surface area contributed by atoms with E-state index in [1.807, 2.05) is 51.1 Å². The van der Waals surface area contributed by atoms with Crippen molar-refractivity contribution < 1.29 is 9.53 Å². The number of benzene rings is 1. The van der Waals surface area contributed by atoms with Gasteiger partial charge in [-0.25, -0.2) is 4.79 Å². The zero-order chi connectivity index (χ0) is 15.7. The zero-order valence-corrected chi connectivity index (χ0v) is 13.4. The molecule has 0 amide bonds. The van der Waals surface area contributed by atoms with Crippen LogP contribution in [0, 0.1) is 11.8 Å². The molecule has 0 heterocycles. The Hall–Kier alpha value is -2.01. The Bertz CT molecular complexity index is 536. The second kappa shape index (κ2) is 8.32. The summed E-state index contributed by atoms with van der Waals surface area (Å²) in [5, 5.41) is 0. The molecule has 0 N–H and O–H groups in total. The van der Waals surface area contributed by atoms with Crippen molar-refractivity contribution in [1.29, 1.82) is 0 Å². The van der Waals surface area contributed by atoms with Crippen molar-refractivity contribution in [2.24, 2.45) is 0 Å². The minimum atomic E-state index is -0.516. The summed E-state index contributed by atoms with van der Waals surface area (Å²) in [4.78, 5) is 12.2. The fraction of sp³-hybridized carbons (Fsp3) is 0.421. The number of hydrogen-bond donors (Lipinski definition) is 0. The Kier molecular flexibility index (Phi) is 6.75. The number of ether oxygens (including phenoxy) is 1. The molecule has 0 unspecified atom stereocenters. The number of unbranched alkanes of at least 4 members (excludes halogenated alkanes) is 2. The summed E-state index contributed by atoms with van der Waals surface area (Å²) in [5.74, 6) is 5.65. The highest BCUT2D eigenvalue weighted by molar-refractivity contribution is 5.98. The molecule has 0 atom stereocenters. The van der Waals surface area contributed by atoms with Gasteiger partial charge in [0, 0.05) is 6.42 Å². The molecule has 0 saturated heterocycles. The molecule has 0 aromatic heterocycles. The molecule has 2 heteroatoms. The van der Waals surface area contributed by atoms with Crippen molar-refractivity contribution in [2.75, 3.05) is 0 Å². The largest absolute Gasteiger partial charge is 0.456 e. The van der Waals surface area contributed by atoms with Crippen LogP contribution in [0.3, 0.4) is 0 Å². The van der Waals surface area contributed by atoms with Gasteiger partial charge < -0.3 is 4.74 Å². The Morgan fingerprint density at radius 1 is 1.24 bits per heavy atom. The Morgan fingerprint density at radius 2 is 1.90 bits per heavy atom. The van der Waals surface area contributed by atoms with Crippen molar-refractivity contribution in [1.82, 2.24) is 0 Å². The van der Waals surface area contributed by atoms with E-state index >= 15 is 0 Å². The van der Waals surface area contributed by atoms with E-state index in [1.165, 1.54) is 0 Å². The number of hydrogen-bond acceptors (Lipinski definition) is 2. The lowest BCUT2D eigenvalue weighted by Gasteiger charge is -2.19. The van der Waals surface area contributed by atoms with Gasteiger partial charge in [-0.3, -0.25) is 0 Å². The number of carbonyl (C=O) groups is 1. The molecule has 0 aliphatic rings. The van der Waals surface area contributed by atoms with Crippen molar-refractivity contribution in [2.45, 2.75) is 52.6 Å². The minimum absolute atomic E-state index is 0.365. The molecule has 0 aliphatic heterocycles. The van der Waals surface area contributed by atoms with Crippen LogP contribution in [0.2, 0.25) is 0 Å². The van der Waals surface area contributed by atoms with Crippen LogP contribution >= 0.6 is 0 Å². The van der Waals surface area contributed by atoms with Crippen LogP contribution in [0.4, 0.5) is 0 Å². The molecule has 0 fully saturated rings. The van der Waals surface area contributed by atoms with Gasteiger partial charge in [0.05, 0.1) is 0 Å². The van der Waals surface area contributed by atoms with Gasteiger partial charge in [0.2, 0.25) is 0 Å². The summed E-state index contributed by atoms with van der Waals surface area (Å²) in [5.41, 5.74) is 0.841. The first-order valence-corrected chi connectivity index (χ1v) is 7.41. The molecule has 0 radical (unpaired) electrons. The van der Waals surface area contributed by atoms with Gasteiger partial charge in [-0.05, 0) is 38.8 Å². The molecular weight excluding hydrogens is 260 g/mol. The topological polar surface area (TPSA) is 26.3 Å². The monoisotopic (exact) mass is 284 g/mol. The third kappa shape index (κ3) is 7.37. The Morgan fingerprint density at radius 3 is 2.48 bits per heavy atom. The fourth-order valence-electron chi connectivity index (χ4n) is 1.62. The highest BCUT2D eigenvalue weighted by Crippen LogP contribution is 2.13. The number of rotatable bonds is 4. The van der Waals surface area contributed by atoms with Crippen LogP contribution in [0.5, 0.6) is 0 Å². The van der Waals surface area contributed by atoms with E-state index in [2.05, 4.69) is 18.8 Å². The smallest absolute Gasteiger partial charge is 0.347 e. The first-order valence-electron chi connectivity index (χ1n) is 7.41. The van der Waals surface area contributed by atoms with Crippen LogP contribution in [0.25, 0.3) is 6.08 Å². The van der Waals surface area contributed by atoms with E-state index in [-0.39, 0.29) is 5.97 Å². The van der Waals surface area contributed by atoms with E-state index in [0.717, 1.165) is 24.8 Å². The van der Waals surface area contributed by atoms with Crippen molar-refractivity contribution >= 4 is 12.0 Å². The summed E-state index contributed by atoms with van der Waals surface area (Å²) in [7, 11) is 0. The van der Waals surface area contributed by atoms with Gasteiger partial charge in [0.25, 0.3) is 0 Å². The van der Waals surface area contributed by atoms with E-state index < -0.39 is 5.60 Å². The van der Waals surface area contributed by atoms with Crippen LogP contribution in [0.15, 0.2) is 35.9 Å². The second-order valence-corrected chi connectivity index (χ2v) is 5.88. The summed E-state index contributed by atoms with van der Waals surface area (Å²) >= 11 is 0. The first-order chi connectivity index (χ1) is 9.92. The number of esters is 1. The molecule has 21 heavy (non-hydrogen) atoms. The van der Waals surface area contributed by atoms with Gasteiger partial charge in [-0.1, -0.05) is 55.5 Å². The molecule has 0 aliphatic carbocycles.